The summed E-state index contributed by atoms with van der Waals surface area (Å²) < 4.78 is 29.1. The van der Waals surface area contributed by atoms with Gasteiger partial charge < -0.3 is 20.4 Å². The molecule has 11 nitrogen and oxygen atoms in total. The van der Waals surface area contributed by atoms with Crippen molar-refractivity contribution >= 4 is 16.0 Å². The average molecular weight is 536 g/mol. The number of likely N-dealkylation sites (tertiary alicyclic amines) is 1. The molecule has 0 spiro atoms. The Labute approximate surface area is 220 Å². The lowest BCUT2D eigenvalue weighted by atomic mass is 10.1. The zero-order chi connectivity index (χ0) is 26.6. The number of rotatable bonds is 10. The van der Waals surface area contributed by atoms with Gasteiger partial charge in [0, 0.05) is 50.2 Å². The lowest BCUT2D eigenvalue weighted by Gasteiger charge is -2.32. The molecule has 4 rings (SSSR count). The van der Waals surface area contributed by atoms with Crippen LogP contribution in [0.25, 0.3) is 11.3 Å². The van der Waals surface area contributed by atoms with Crippen LogP contribution >= 0.6 is 0 Å². The molecule has 0 saturated carbocycles. The molecule has 2 aromatic heterocycles. The third kappa shape index (κ3) is 7.93. The standard InChI is InChI=1S/C25H41N7O4S/c1-19-15-26-24(29-23(19)20-16-27-31(17-20)18-25(2,3)34)28-21-5-12-32(13-6-21)37(35,36)14-4-9-30-10-7-22(33)8-11-30/h15-17,21-22,33-34H,4-14,18H2,1-3H3,(H,26,28,29). The zero-order valence-electron chi connectivity index (χ0n) is 22.2. The molecule has 2 aliphatic rings. The second-order valence-corrected chi connectivity index (χ2v) is 13.1. The summed E-state index contributed by atoms with van der Waals surface area (Å²) in [6, 6.07) is 0.0969. The summed E-state index contributed by atoms with van der Waals surface area (Å²) in [5.74, 6) is 0.680. The Morgan fingerprint density at radius 3 is 2.49 bits per heavy atom. The molecule has 2 saturated heterocycles. The molecule has 0 radical (unpaired) electrons. The summed E-state index contributed by atoms with van der Waals surface area (Å²) in [7, 11) is -3.28. The molecule has 0 amide bonds. The van der Waals surface area contributed by atoms with E-state index >= 15 is 0 Å². The number of sulfonamides is 1. The third-order valence-corrected chi connectivity index (χ3v) is 9.00. The normalized spacial score (nSPS) is 19.4. The topological polar surface area (TPSA) is 137 Å². The number of aliphatic hydroxyl groups is 2. The van der Waals surface area contributed by atoms with Crippen molar-refractivity contribution in [2.45, 2.75) is 77.2 Å². The number of aryl methyl sites for hydroxylation is 1. The molecule has 2 aliphatic heterocycles. The van der Waals surface area contributed by atoms with Crippen molar-refractivity contribution in [1.29, 1.82) is 0 Å². The van der Waals surface area contributed by atoms with Gasteiger partial charge in [-0.05, 0) is 65.0 Å². The monoisotopic (exact) mass is 535 g/mol. The molecule has 0 aromatic carbocycles. The van der Waals surface area contributed by atoms with Gasteiger partial charge in [-0.1, -0.05) is 0 Å². The Hall–Kier alpha value is -2.12. The minimum Gasteiger partial charge on any atom is -0.393 e. The first-order valence-electron chi connectivity index (χ1n) is 13.2. The van der Waals surface area contributed by atoms with E-state index in [4.69, 9.17) is 4.98 Å². The zero-order valence-corrected chi connectivity index (χ0v) is 23.0. The van der Waals surface area contributed by atoms with E-state index in [0.29, 0.717) is 44.8 Å². The maximum absolute atomic E-state index is 12.9. The summed E-state index contributed by atoms with van der Waals surface area (Å²) in [4.78, 5) is 11.4. The van der Waals surface area contributed by atoms with Crippen LogP contribution in [0.2, 0.25) is 0 Å². The van der Waals surface area contributed by atoms with Crippen LogP contribution < -0.4 is 5.32 Å². The van der Waals surface area contributed by atoms with E-state index in [9.17, 15) is 18.6 Å². The van der Waals surface area contributed by atoms with E-state index in [1.165, 1.54) is 0 Å². The van der Waals surface area contributed by atoms with E-state index in [1.807, 2.05) is 13.1 Å². The number of hydrogen-bond donors (Lipinski definition) is 3. The highest BCUT2D eigenvalue weighted by Gasteiger charge is 2.28. The van der Waals surface area contributed by atoms with Crippen LogP contribution in [0.4, 0.5) is 5.95 Å². The summed E-state index contributed by atoms with van der Waals surface area (Å²) in [6.45, 7) is 9.21. The van der Waals surface area contributed by atoms with Crippen LogP contribution in [-0.4, -0.2) is 104 Å². The molecule has 0 atom stereocenters. The van der Waals surface area contributed by atoms with Crippen molar-refractivity contribution in [3.63, 3.8) is 0 Å². The quantitative estimate of drug-likeness (QED) is 0.413. The van der Waals surface area contributed by atoms with Crippen molar-refractivity contribution in [2.24, 2.45) is 0 Å². The highest BCUT2D eigenvalue weighted by atomic mass is 32.2. The van der Waals surface area contributed by atoms with Gasteiger partial charge in [0.15, 0.2) is 0 Å². The highest BCUT2D eigenvalue weighted by molar-refractivity contribution is 7.89. The van der Waals surface area contributed by atoms with Crippen LogP contribution in [0, 0.1) is 6.92 Å². The second-order valence-electron chi connectivity index (χ2n) is 11.0. The van der Waals surface area contributed by atoms with E-state index in [-0.39, 0.29) is 17.9 Å². The molecule has 0 aliphatic carbocycles. The van der Waals surface area contributed by atoms with Crippen LogP contribution in [0.1, 0.15) is 51.5 Å². The van der Waals surface area contributed by atoms with E-state index in [1.54, 1.807) is 35.2 Å². The molecule has 0 bridgehead atoms. The first-order chi connectivity index (χ1) is 17.5. The van der Waals surface area contributed by atoms with Crippen molar-refractivity contribution < 1.29 is 18.6 Å². The van der Waals surface area contributed by atoms with Gasteiger partial charge in [-0.25, -0.2) is 22.7 Å². The summed E-state index contributed by atoms with van der Waals surface area (Å²) in [5, 5.41) is 27.4. The van der Waals surface area contributed by atoms with Gasteiger partial charge in [-0.3, -0.25) is 4.68 Å². The number of aromatic nitrogens is 4. The fourth-order valence-corrected chi connectivity index (χ4v) is 6.50. The first kappa shape index (κ1) is 27.9. The number of anilines is 1. The molecular formula is C25H41N7O4S. The van der Waals surface area contributed by atoms with Gasteiger partial charge >= 0.3 is 0 Å². The highest BCUT2D eigenvalue weighted by Crippen LogP contribution is 2.24. The largest absolute Gasteiger partial charge is 0.393 e. The molecule has 37 heavy (non-hydrogen) atoms. The van der Waals surface area contributed by atoms with Gasteiger partial charge in [0.25, 0.3) is 0 Å². The Balaban J connectivity index is 1.27. The molecular weight excluding hydrogens is 494 g/mol. The first-order valence-corrected chi connectivity index (χ1v) is 14.8. The second kappa shape index (κ2) is 11.7. The Kier molecular flexibility index (Phi) is 8.85. The summed E-state index contributed by atoms with van der Waals surface area (Å²) in [5.41, 5.74) is 1.70. The van der Waals surface area contributed by atoms with Crippen LogP contribution in [0.5, 0.6) is 0 Å². The van der Waals surface area contributed by atoms with Gasteiger partial charge in [0.1, 0.15) is 0 Å². The predicted octanol–water partition coefficient (Wildman–Crippen LogP) is 1.47. The number of aliphatic hydroxyl groups excluding tert-OH is 1. The molecule has 4 heterocycles. The summed E-state index contributed by atoms with van der Waals surface area (Å²) in [6.07, 6.45) is 8.71. The third-order valence-electron chi connectivity index (χ3n) is 7.04. The number of nitrogens with one attached hydrogen (secondary N) is 1. The minimum atomic E-state index is -3.28. The summed E-state index contributed by atoms with van der Waals surface area (Å²) >= 11 is 0. The molecule has 206 valence electrons. The number of piperidine rings is 2. The maximum Gasteiger partial charge on any atom is 0.223 e. The lowest BCUT2D eigenvalue weighted by molar-refractivity contribution is 0.0577. The van der Waals surface area contributed by atoms with Crippen molar-refractivity contribution in [1.82, 2.24) is 29.0 Å². The predicted molar refractivity (Wildman–Crippen MR) is 143 cm³/mol. The maximum atomic E-state index is 12.9. The van der Waals surface area contributed by atoms with Crippen LogP contribution in [-0.2, 0) is 16.6 Å². The Bertz CT molecular complexity index is 1130. The molecule has 12 heteroatoms. The number of hydrogen-bond acceptors (Lipinski definition) is 9. The Morgan fingerprint density at radius 1 is 1.11 bits per heavy atom. The smallest absolute Gasteiger partial charge is 0.223 e. The van der Waals surface area contributed by atoms with Crippen molar-refractivity contribution in [3.05, 3.63) is 24.2 Å². The molecule has 3 N–H and O–H groups in total. The van der Waals surface area contributed by atoms with Crippen LogP contribution in [0.15, 0.2) is 18.6 Å². The van der Waals surface area contributed by atoms with E-state index in [0.717, 1.165) is 49.3 Å². The molecule has 0 unspecified atom stereocenters. The SMILES string of the molecule is Cc1cnc(NC2CCN(S(=O)(=O)CCCN3CCC(O)CC3)CC2)nc1-c1cnn(CC(C)(C)O)c1. The number of nitrogens with zero attached hydrogens (tertiary/aromatic N) is 6. The van der Waals surface area contributed by atoms with Gasteiger partial charge in [0.05, 0.1) is 35.9 Å². The molecule has 2 aromatic rings. The van der Waals surface area contributed by atoms with Gasteiger partial charge in [-0.15, -0.1) is 0 Å². The molecule has 2 fully saturated rings. The van der Waals surface area contributed by atoms with Crippen LogP contribution in [0.3, 0.4) is 0 Å². The Morgan fingerprint density at radius 2 is 1.81 bits per heavy atom. The van der Waals surface area contributed by atoms with Gasteiger partial charge in [0.2, 0.25) is 16.0 Å². The van der Waals surface area contributed by atoms with Crippen molar-refractivity contribution in [3.8, 4) is 11.3 Å². The fourth-order valence-electron chi connectivity index (χ4n) is 4.98. The van der Waals surface area contributed by atoms with Gasteiger partial charge in [-0.2, -0.15) is 5.10 Å². The average Bonchev–Trinajstić information content (AvgIpc) is 3.28. The van der Waals surface area contributed by atoms with Crippen molar-refractivity contribution in [2.75, 3.05) is 43.8 Å². The lowest BCUT2D eigenvalue weighted by Crippen LogP contribution is -2.44. The van der Waals surface area contributed by atoms with E-state index < -0.39 is 15.6 Å². The van der Waals surface area contributed by atoms with E-state index in [2.05, 4.69) is 20.3 Å². The fraction of sp³-hybridized carbons (Fsp3) is 0.720. The minimum absolute atomic E-state index is 0.0969.